The molecule has 0 aromatic heterocycles. The summed E-state index contributed by atoms with van der Waals surface area (Å²) in [7, 11) is 0. The van der Waals surface area contributed by atoms with Crippen molar-refractivity contribution in [3.8, 4) is 0 Å². The molecule has 0 saturated carbocycles. The van der Waals surface area contributed by atoms with Crippen molar-refractivity contribution in [2.45, 2.75) is 45.6 Å². The summed E-state index contributed by atoms with van der Waals surface area (Å²) < 4.78 is 0. The van der Waals surface area contributed by atoms with Crippen LogP contribution >= 0.6 is 0 Å². The molecule has 0 fully saturated rings. The Morgan fingerprint density at radius 3 is 2.30 bits per heavy atom. The summed E-state index contributed by atoms with van der Waals surface area (Å²) in [5, 5.41) is 9.42. The first kappa shape index (κ1) is 16.2. The van der Waals surface area contributed by atoms with Crippen molar-refractivity contribution in [2.24, 2.45) is 0 Å². The van der Waals surface area contributed by atoms with E-state index >= 15 is 0 Å². The maximum Gasteiger partial charge on any atom is 0.326 e. The summed E-state index contributed by atoms with van der Waals surface area (Å²) in [6, 6.07) is 9.03. The second-order valence-electron chi connectivity index (χ2n) is 5.11. The highest BCUT2D eigenvalue weighted by atomic mass is 16.4. The van der Waals surface area contributed by atoms with Crippen LogP contribution < -0.4 is 0 Å². The lowest BCUT2D eigenvalue weighted by atomic mass is 9.93. The lowest BCUT2D eigenvalue weighted by Crippen LogP contribution is -2.45. The summed E-state index contributed by atoms with van der Waals surface area (Å²) in [5.41, 5.74) is 1.10. The quantitative estimate of drug-likeness (QED) is 0.833. The molecular weight excluding hydrogens is 254 g/mol. The fourth-order valence-electron chi connectivity index (χ4n) is 2.39. The number of hydrogen-bond acceptors (Lipinski definition) is 2. The Morgan fingerprint density at radius 2 is 1.85 bits per heavy atom. The van der Waals surface area contributed by atoms with E-state index in [0.29, 0.717) is 13.0 Å². The smallest absolute Gasteiger partial charge is 0.326 e. The van der Waals surface area contributed by atoms with Gasteiger partial charge in [-0.25, -0.2) is 4.79 Å². The summed E-state index contributed by atoms with van der Waals surface area (Å²) in [5.74, 6) is -1.02. The standard InChI is InChI=1S/C16H23NO3/c1-4-10-17(13(3)18)15(16(19)20)11-12(2)14-8-6-5-7-9-14/h5-9,12,15H,4,10-11H2,1-3H3,(H,19,20). The van der Waals surface area contributed by atoms with Crippen molar-refractivity contribution >= 4 is 11.9 Å². The molecule has 1 amide bonds. The summed E-state index contributed by atoms with van der Waals surface area (Å²) >= 11 is 0. The van der Waals surface area contributed by atoms with Gasteiger partial charge >= 0.3 is 5.97 Å². The number of carboxylic acids is 1. The third-order valence-electron chi connectivity index (χ3n) is 3.48. The molecule has 0 saturated heterocycles. The van der Waals surface area contributed by atoms with E-state index in [-0.39, 0.29) is 11.8 Å². The number of hydrogen-bond donors (Lipinski definition) is 1. The Labute approximate surface area is 120 Å². The lowest BCUT2D eigenvalue weighted by Gasteiger charge is -2.29. The molecule has 0 heterocycles. The molecule has 0 aliphatic rings. The molecule has 110 valence electrons. The number of amides is 1. The molecule has 4 heteroatoms. The van der Waals surface area contributed by atoms with E-state index in [9.17, 15) is 14.7 Å². The van der Waals surface area contributed by atoms with Crippen molar-refractivity contribution in [3.05, 3.63) is 35.9 Å². The van der Waals surface area contributed by atoms with Gasteiger partial charge in [0.05, 0.1) is 0 Å². The number of rotatable bonds is 7. The van der Waals surface area contributed by atoms with E-state index in [1.165, 1.54) is 11.8 Å². The van der Waals surface area contributed by atoms with Crippen LogP contribution in [0.15, 0.2) is 30.3 Å². The van der Waals surface area contributed by atoms with Crippen LogP contribution in [0.2, 0.25) is 0 Å². The average Bonchev–Trinajstić information content (AvgIpc) is 2.42. The minimum Gasteiger partial charge on any atom is -0.480 e. The van der Waals surface area contributed by atoms with E-state index in [0.717, 1.165) is 12.0 Å². The zero-order valence-electron chi connectivity index (χ0n) is 12.4. The third-order valence-corrected chi connectivity index (χ3v) is 3.48. The molecule has 1 rings (SSSR count). The highest BCUT2D eigenvalue weighted by molar-refractivity contribution is 5.82. The monoisotopic (exact) mass is 277 g/mol. The van der Waals surface area contributed by atoms with E-state index in [1.807, 2.05) is 44.2 Å². The fourth-order valence-corrected chi connectivity index (χ4v) is 2.39. The number of carbonyl (C=O) groups is 2. The van der Waals surface area contributed by atoms with Gasteiger partial charge in [0, 0.05) is 13.5 Å². The largest absolute Gasteiger partial charge is 0.480 e. The number of carboxylic acid groups (broad SMARTS) is 1. The molecule has 0 radical (unpaired) electrons. The molecule has 20 heavy (non-hydrogen) atoms. The van der Waals surface area contributed by atoms with Gasteiger partial charge < -0.3 is 10.0 Å². The third kappa shape index (κ3) is 4.37. The second-order valence-corrected chi connectivity index (χ2v) is 5.11. The average molecular weight is 277 g/mol. The molecule has 0 aliphatic heterocycles. The number of nitrogens with zero attached hydrogens (tertiary/aromatic N) is 1. The molecule has 2 atom stereocenters. The molecule has 1 aromatic carbocycles. The molecular formula is C16H23NO3. The molecule has 1 aromatic rings. The van der Waals surface area contributed by atoms with Crippen molar-refractivity contribution < 1.29 is 14.7 Å². The van der Waals surface area contributed by atoms with Crippen LogP contribution in [0, 0.1) is 0 Å². The molecule has 4 nitrogen and oxygen atoms in total. The topological polar surface area (TPSA) is 57.6 Å². The molecule has 0 bridgehead atoms. The van der Waals surface area contributed by atoms with Crippen LogP contribution in [-0.4, -0.2) is 34.5 Å². The Bertz CT molecular complexity index is 444. The highest BCUT2D eigenvalue weighted by Gasteiger charge is 2.29. The van der Waals surface area contributed by atoms with Gasteiger partial charge in [-0.15, -0.1) is 0 Å². The van der Waals surface area contributed by atoms with Crippen LogP contribution in [0.25, 0.3) is 0 Å². The maximum absolute atomic E-state index is 11.7. The first-order valence-corrected chi connectivity index (χ1v) is 7.02. The summed E-state index contributed by atoms with van der Waals surface area (Å²) in [6.45, 7) is 5.84. The lowest BCUT2D eigenvalue weighted by molar-refractivity contribution is -0.150. The Hall–Kier alpha value is -1.84. The first-order chi connectivity index (χ1) is 9.47. The summed E-state index contributed by atoms with van der Waals surface area (Å²) in [4.78, 5) is 24.6. The van der Waals surface area contributed by atoms with Gasteiger partial charge in [0.15, 0.2) is 0 Å². The number of carbonyl (C=O) groups excluding carboxylic acids is 1. The first-order valence-electron chi connectivity index (χ1n) is 7.02. The second kappa shape index (κ2) is 7.68. The van der Waals surface area contributed by atoms with Crippen LogP contribution in [0.4, 0.5) is 0 Å². The van der Waals surface area contributed by atoms with E-state index < -0.39 is 12.0 Å². The van der Waals surface area contributed by atoms with Crippen LogP contribution in [0.5, 0.6) is 0 Å². The van der Waals surface area contributed by atoms with Crippen LogP contribution in [0.1, 0.15) is 45.1 Å². The van der Waals surface area contributed by atoms with Crippen molar-refractivity contribution in [3.63, 3.8) is 0 Å². The molecule has 0 aliphatic carbocycles. The van der Waals surface area contributed by atoms with Gasteiger partial charge in [-0.3, -0.25) is 4.79 Å². The normalized spacial score (nSPS) is 13.6. The highest BCUT2D eigenvalue weighted by Crippen LogP contribution is 2.23. The number of benzene rings is 1. The predicted octanol–water partition coefficient (Wildman–Crippen LogP) is 2.89. The molecule has 0 spiro atoms. The van der Waals surface area contributed by atoms with Gasteiger partial charge in [-0.05, 0) is 24.3 Å². The Balaban J connectivity index is 2.86. The van der Waals surface area contributed by atoms with Crippen LogP contribution in [-0.2, 0) is 9.59 Å². The van der Waals surface area contributed by atoms with E-state index in [4.69, 9.17) is 0 Å². The van der Waals surface area contributed by atoms with Gasteiger partial charge in [-0.2, -0.15) is 0 Å². The van der Waals surface area contributed by atoms with Gasteiger partial charge in [0.1, 0.15) is 6.04 Å². The van der Waals surface area contributed by atoms with Gasteiger partial charge in [0.2, 0.25) is 5.91 Å². The van der Waals surface area contributed by atoms with Gasteiger partial charge in [-0.1, -0.05) is 44.2 Å². The minimum absolute atomic E-state index is 0.0935. The predicted molar refractivity (Wildman–Crippen MR) is 78.6 cm³/mol. The Kier molecular flexibility index (Phi) is 6.22. The van der Waals surface area contributed by atoms with Crippen molar-refractivity contribution in [2.75, 3.05) is 6.54 Å². The molecule has 1 N–H and O–H groups in total. The maximum atomic E-state index is 11.7. The zero-order valence-corrected chi connectivity index (χ0v) is 12.4. The van der Waals surface area contributed by atoms with E-state index in [1.54, 1.807) is 0 Å². The summed E-state index contributed by atoms with van der Waals surface area (Å²) in [6.07, 6.45) is 1.18. The molecule has 2 unspecified atom stereocenters. The van der Waals surface area contributed by atoms with E-state index in [2.05, 4.69) is 0 Å². The minimum atomic E-state index is -0.934. The van der Waals surface area contributed by atoms with Crippen LogP contribution in [0.3, 0.4) is 0 Å². The SMILES string of the molecule is CCCN(C(C)=O)C(CC(C)c1ccccc1)C(=O)O. The van der Waals surface area contributed by atoms with Gasteiger partial charge in [0.25, 0.3) is 0 Å². The van der Waals surface area contributed by atoms with Crippen molar-refractivity contribution in [1.29, 1.82) is 0 Å². The van der Waals surface area contributed by atoms with Crippen molar-refractivity contribution in [1.82, 2.24) is 4.90 Å². The fraction of sp³-hybridized carbons (Fsp3) is 0.500. The Morgan fingerprint density at radius 1 is 1.25 bits per heavy atom. The zero-order chi connectivity index (χ0) is 15.1. The number of aliphatic carboxylic acids is 1.